The van der Waals surface area contributed by atoms with E-state index in [1.807, 2.05) is 13.8 Å². The average Bonchev–Trinajstić information content (AvgIpc) is 3.16. The van der Waals surface area contributed by atoms with Crippen LogP contribution in [0.5, 0.6) is 0 Å². The fourth-order valence-electron chi connectivity index (χ4n) is 5.65. The van der Waals surface area contributed by atoms with Crippen LogP contribution in [0.15, 0.2) is 35.3 Å². The first-order valence-electron chi connectivity index (χ1n) is 19.6. The van der Waals surface area contributed by atoms with Crippen LogP contribution in [0.4, 0.5) is 0 Å². The van der Waals surface area contributed by atoms with Crippen molar-refractivity contribution in [3.05, 3.63) is 35.9 Å². The summed E-state index contributed by atoms with van der Waals surface area (Å²) in [6.45, 7) is 5.73. The maximum absolute atomic E-state index is 13.9. The highest BCUT2D eigenvalue weighted by Crippen LogP contribution is 2.11. The molecule has 15 N–H and O–H groups in total. The van der Waals surface area contributed by atoms with E-state index in [-0.39, 0.29) is 50.0 Å². The fraction of sp³-hybridized carbons (Fsp3) is 0.632. The molecule has 0 unspecified atom stereocenters. The number of aliphatic imine (C=N–C) groups is 1. The minimum absolute atomic E-state index is 0.0509. The number of guanidine groups is 1. The van der Waals surface area contributed by atoms with Gasteiger partial charge in [0.05, 0.1) is 6.04 Å². The molecular weight excluding hydrogens is 738 g/mol. The van der Waals surface area contributed by atoms with Crippen molar-refractivity contribution in [3.63, 3.8) is 0 Å². The van der Waals surface area contributed by atoms with Gasteiger partial charge in [0.1, 0.15) is 30.7 Å². The van der Waals surface area contributed by atoms with Crippen molar-refractivity contribution in [2.75, 3.05) is 26.2 Å². The molecule has 5 atom stereocenters. The molecule has 19 heteroatoms. The second-order valence-corrected chi connectivity index (χ2v) is 14.2. The van der Waals surface area contributed by atoms with E-state index in [4.69, 9.17) is 28.0 Å². The van der Waals surface area contributed by atoms with Crippen molar-refractivity contribution >= 4 is 47.4 Å². The van der Waals surface area contributed by atoms with Gasteiger partial charge in [0, 0.05) is 25.9 Å². The molecule has 0 saturated carbocycles. The van der Waals surface area contributed by atoms with Crippen molar-refractivity contribution in [2.45, 2.75) is 122 Å². The van der Waals surface area contributed by atoms with Crippen LogP contribution < -0.4 is 54.8 Å². The van der Waals surface area contributed by atoms with Crippen LogP contribution in [-0.4, -0.2) is 109 Å². The first kappa shape index (κ1) is 49.7. The number of carbonyl (C=O) groups excluding carboxylic acids is 6. The Balaban J connectivity index is 3.23. The molecular formula is C38H65N11O8. The molecule has 6 amide bonds. The molecule has 1 rings (SSSR count). The van der Waals surface area contributed by atoms with Gasteiger partial charge in [-0.25, -0.2) is 0 Å². The molecule has 320 valence electrons. The molecule has 0 aliphatic rings. The molecule has 0 fully saturated rings. The molecule has 0 heterocycles. The molecule has 19 nitrogen and oxygen atoms in total. The van der Waals surface area contributed by atoms with Gasteiger partial charge in [-0.15, -0.1) is 0 Å². The van der Waals surface area contributed by atoms with Crippen molar-refractivity contribution in [2.24, 2.45) is 33.8 Å². The number of carboxylic acids is 1. The van der Waals surface area contributed by atoms with Gasteiger partial charge in [0.15, 0.2) is 5.96 Å². The summed E-state index contributed by atoms with van der Waals surface area (Å²) in [5, 5.41) is 25.0. The van der Waals surface area contributed by atoms with Crippen molar-refractivity contribution < 1.29 is 38.7 Å². The Hall–Kier alpha value is -5.30. The van der Waals surface area contributed by atoms with Crippen LogP contribution in [0.1, 0.15) is 90.5 Å². The summed E-state index contributed by atoms with van der Waals surface area (Å²) in [6.07, 6.45) is 3.59. The zero-order chi connectivity index (χ0) is 42.8. The quantitative estimate of drug-likeness (QED) is 0.0254. The number of nitrogens with zero attached hydrogens (tertiary/aromatic N) is 1. The van der Waals surface area contributed by atoms with Crippen LogP contribution >= 0.6 is 0 Å². The van der Waals surface area contributed by atoms with Crippen molar-refractivity contribution in [1.29, 1.82) is 0 Å². The molecule has 0 bridgehead atoms. The highest BCUT2D eigenvalue weighted by atomic mass is 16.4. The third-order valence-corrected chi connectivity index (χ3v) is 8.75. The Morgan fingerprint density at radius 3 is 1.84 bits per heavy atom. The minimum Gasteiger partial charge on any atom is -0.480 e. The zero-order valence-corrected chi connectivity index (χ0v) is 33.5. The lowest BCUT2D eigenvalue weighted by atomic mass is 10.00. The minimum atomic E-state index is -1.26. The largest absolute Gasteiger partial charge is 0.480 e. The maximum atomic E-state index is 13.9. The van der Waals surface area contributed by atoms with Gasteiger partial charge in [0.2, 0.25) is 35.4 Å². The van der Waals surface area contributed by atoms with Gasteiger partial charge in [0.25, 0.3) is 0 Å². The normalized spacial score (nSPS) is 13.5. The summed E-state index contributed by atoms with van der Waals surface area (Å²) in [7, 11) is 0. The molecule has 0 saturated heterocycles. The Morgan fingerprint density at radius 2 is 1.26 bits per heavy atom. The fourth-order valence-corrected chi connectivity index (χ4v) is 5.65. The third-order valence-electron chi connectivity index (χ3n) is 8.75. The topological polar surface area (TPSA) is 328 Å². The standard InChI is InChI=1S/C38H65N11O8/c1-4-31(50)43-19-11-9-15-26(40)33(53)46-28(17-12-20-44-38(41)42)35(55)47-27(16-8-10-18-39)36(56)48-29(21-24(2)3)37(57)49-30(34(54)45-23-32(51)52)22-25-13-6-5-7-14-25/h5-7,13-14,24,26-30H,4,8-12,15-23,39-40H2,1-3H3,(H,43,50)(H,45,54)(H,46,53)(H,47,55)(H,48,56)(H,49,57)(H,51,52)(H4,41,42,44)/t26-,27-,28-,29-,30-/m0/s1. The van der Waals surface area contributed by atoms with E-state index in [0.29, 0.717) is 63.6 Å². The second-order valence-electron chi connectivity index (χ2n) is 14.2. The summed E-state index contributed by atoms with van der Waals surface area (Å²) in [5.41, 5.74) is 23.5. The highest BCUT2D eigenvalue weighted by molar-refractivity contribution is 5.96. The number of rotatable bonds is 29. The van der Waals surface area contributed by atoms with Gasteiger partial charge in [-0.1, -0.05) is 51.1 Å². The Kier molecular flexibility index (Phi) is 24.6. The van der Waals surface area contributed by atoms with Gasteiger partial charge >= 0.3 is 5.97 Å². The number of nitrogens with two attached hydrogens (primary N) is 4. The summed E-state index contributed by atoms with van der Waals surface area (Å²) < 4.78 is 0. The number of benzene rings is 1. The van der Waals surface area contributed by atoms with Crippen LogP contribution in [0.25, 0.3) is 0 Å². The molecule has 1 aromatic carbocycles. The second kappa shape index (κ2) is 28.1. The number of carbonyl (C=O) groups is 7. The summed E-state index contributed by atoms with van der Waals surface area (Å²) in [4.78, 5) is 94.3. The molecule has 0 aliphatic heterocycles. The first-order chi connectivity index (χ1) is 27.1. The lowest BCUT2D eigenvalue weighted by molar-refractivity contribution is -0.138. The zero-order valence-electron chi connectivity index (χ0n) is 33.5. The van der Waals surface area contributed by atoms with Gasteiger partial charge in [-0.2, -0.15) is 0 Å². The number of hydrogen-bond acceptors (Lipinski definition) is 10. The molecule has 0 aromatic heterocycles. The van der Waals surface area contributed by atoms with E-state index >= 15 is 0 Å². The summed E-state index contributed by atoms with van der Waals surface area (Å²) in [5.74, 6) is -4.88. The van der Waals surface area contributed by atoms with Crippen LogP contribution in [0.3, 0.4) is 0 Å². The van der Waals surface area contributed by atoms with E-state index in [2.05, 4.69) is 36.9 Å². The number of carboxylic acid groups (broad SMARTS) is 1. The molecule has 0 radical (unpaired) electrons. The molecule has 57 heavy (non-hydrogen) atoms. The number of amides is 6. The summed E-state index contributed by atoms with van der Waals surface area (Å²) in [6, 6.07) is 3.31. The SMILES string of the molecule is CCC(=O)NCCCC[C@H](N)C(=O)N[C@@H](CCCN=C(N)N)C(=O)N[C@@H](CCCCN)C(=O)N[C@@H](CC(C)C)C(=O)N[C@@H](Cc1ccccc1)C(=O)NCC(=O)O. The highest BCUT2D eigenvalue weighted by Gasteiger charge is 2.32. The van der Waals surface area contributed by atoms with Gasteiger partial charge in [-0.05, 0) is 75.8 Å². The molecule has 0 aliphatic carbocycles. The van der Waals surface area contributed by atoms with Gasteiger partial charge in [-0.3, -0.25) is 38.6 Å². The number of nitrogens with one attached hydrogen (secondary N) is 6. The molecule has 0 spiro atoms. The van der Waals surface area contributed by atoms with E-state index < -0.39 is 72.3 Å². The van der Waals surface area contributed by atoms with E-state index in [1.54, 1.807) is 37.3 Å². The van der Waals surface area contributed by atoms with E-state index in [1.165, 1.54) is 0 Å². The van der Waals surface area contributed by atoms with E-state index in [9.17, 15) is 33.6 Å². The molecule has 1 aromatic rings. The monoisotopic (exact) mass is 804 g/mol. The van der Waals surface area contributed by atoms with Crippen molar-refractivity contribution in [3.8, 4) is 0 Å². The predicted octanol–water partition coefficient (Wildman–Crippen LogP) is -1.38. The summed E-state index contributed by atoms with van der Waals surface area (Å²) >= 11 is 0. The first-order valence-corrected chi connectivity index (χ1v) is 19.6. The lowest BCUT2D eigenvalue weighted by Crippen LogP contribution is -2.59. The number of unbranched alkanes of at least 4 members (excludes halogenated alkanes) is 2. The van der Waals surface area contributed by atoms with Gasteiger partial charge < -0.3 is 59.9 Å². The Morgan fingerprint density at radius 1 is 0.702 bits per heavy atom. The average molecular weight is 804 g/mol. The number of aliphatic carboxylic acids is 1. The smallest absolute Gasteiger partial charge is 0.322 e. The van der Waals surface area contributed by atoms with Crippen molar-refractivity contribution in [1.82, 2.24) is 31.9 Å². The van der Waals surface area contributed by atoms with Crippen LogP contribution in [0.2, 0.25) is 0 Å². The lowest BCUT2D eigenvalue weighted by Gasteiger charge is -2.27. The van der Waals surface area contributed by atoms with E-state index in [0.717, 1.165) is 0 Å². The third kappa shape index (κ3) is 22.1. The maximum Gasteiger partial charge on any atom is 0.322 e. The predicted molar refractivity (Wildman–Crippen MR) is 216 cm³/mol. The Bertz CT molecular complexity index is 1460. The van der Waals surface area contributed by atoms with Crippen LogP contribution in [0, 0.1) is 5.92 Å². The Labute approximate surface area is 335 Å². The van der Waals surface area contributed by atoms with Crippen LogP contribution in [-0.2, 0) is 40.0 Å². The number of hydrogen-bond donors (Lipinski definition) is 11.